The van der Waals surface area contributed by atoms with Gasteiger partial charge in [-0.15, -0.1) is 0 Å². The first-order valence-electron chi connectivity index (χ1n) is 5.11. The third-order valence-corrected chi connectivity index (χ3v) is 2.70. The van der Waals surface area contributed by atoms with E-state index < -0.39 is 0 Å². The Bertz CT molecular complexity index is 182. The van der Waals surface area contributed by atoms with E-state index in [0.29, 0.717) is 24.8 Å². The van der Waals surface area contributed by atoms with Gasteiger partial charge in [0.05, 0.1) is 0 Å². The van der Waals surface area contributed by atoms with Gasteiger partial charge in [0.2, 0.25) is 5.91 Å². The number of nitrogens with two attached hydrogens (primary N) is 1. The van der Waals surface area contributed by atoms with Crippen LogP contribution in [0, 0.1) is 11.8 Å². The topological polar surface area (TPSA) is 46.3 Å². The zero-order valence-electron chi connectivity index (χ0n) is 8.62. The number of carbonyl (C=O) groups is 1. The van der Waals surface area contributed by atoms with Crippen molar-refractivity contribution in [3.8, 4) is 0 Å². The summed E-state index contributed by atoms with van der Waals surface area (Å²) in [7, 11) is 0. The van der Waals surface area contributed by atoms with Crippen LogP contribution in [0.5, 0.6) is 0 Å². The van der Waals surface area contributed by atoms with Crippen LogP contribution < -0.4 is 5.73 Å². The molecule has 1 aliphatic rings. The Kier molecular flexibility index (Phi) is 3.72. The molecular formula is C10H20N2O. The number of amides is 1. The van der Waals surface area contributed by atoms with E-state index in [1.807, 2.05) is 11.8 Å². The van der Waals surface area contributed by atoms with E-state index >= 15 is 0 Å². The van der Waals surface area contributed by atoms with Crippen LogP contribution in [-0.4, -0.2) is 30.4 Å². The average molecular weight is 184 g/mol. The maximum absolute atomic E-state index is 11.6. The van der Waals surface area contributed by atoms with Crippen molar-refractivity contribution in [2.75, 3.05) is 19.6 Å². The lowest BCUT2D eigenvalue weighted by atomic mass is 10.1. The third kappa shape index (κ3) is 2.99. The number of carbonyl (C=O) groups excluding carboxylic acids is 1. The minimum absolute atomic E-state index is 0.280. The second-order valence-corrected chi connectivity index (χ2v) is 4.28. The molecule has 3 nitrogen and oxygen atoms in total. The highest BCUT2D eigenvalue weighted by atomic mass is 16.2. The van der Waals surface area contributed by atoms with Gasteiger partial charge >= 0.3 is 0 Å². The van der Waals surface area contributed by atoms with E-state index in [1.54, 1.807) is 0 Å². The number of hydrogen-bond donors (Lipinski definition) is 1. The maximum atomic E-state index is 11.6. The fourth-order valence-corrected chi connectivity index (χ4v) is 1.67. The van der Waals surface area contributed by atoms with Crippen molar-refractivity contribution in [1.82, 2.24) is 4.90 Å². The molecular weight excluding hydrogens is 164 g/mol. The Labute approximate surface area is 80.3 Å². The lowest BCUT2D eigenvalue weighted by Gasteiger charge is -2.17. The molecule has 2 N–H and O–H groups in total. The summed E-state index contributed by atoms with van der Waals surface area (Å²) in [6.45, 7) is 6.71. The Morgan fingerprint density at radius 1 is 1.69 bits per heavy atom. The normalized spacial score (nSPS) is 24.8. The van der Waals surface area contributed by atoms with Crippen LogP contribution in [0.3, 0.4) is 0 Å². The molecule has 0 bridgehead atoms. The first-order valence-corrected chi connectivity index (χ1v) is 5.11. The molecule has 1 amide bonds. The summed E-state index contributed by atoms with van der Waals surface area (Å²) in [5, 5.41) is 0. The van der Waals surface area contributed by atoms with Gasteiger partial charge in [0.25, 0.3) is 0 Å². The SMILES string of the molecule is CC(CN)CC(=O)N1CCC(C)C1. The molecule has 1 rings (SSSR count). The smallest absolute Gasteiger partial charge is 0.222 e. The van der Waals surface area contributed by atoms with Gasteiger partial charge in [-0.1, -0.05) is 13.8 Å². The van der Waals surface area contributed by atoms with Crippen LogP contribution in [0.15, 0.2) is 0 Å². The van der Waals surface area contributed by atoms with Gasteiger partial charge in [0, 0.05) is 19.5 Å². The predicted octanol–water partition coefficient (Wildman–Crippen LogP) is 0.840. The van der Waals surface area contributed by atoms with Crippen molar-refractivity contribution in [1.29, 1.82) is 0 Å². The molecule has 3 heteroatoms. The Hall–Kier alpha value is -0.570. The Balaban J connectivity index is 2.31. The minimum Gasteiger partial charge on any atom is -0.342 e. The highest BCUT2D eigenvalue weighted by Crippen LogP contribution is 2.16. The number of hydrogen-bond acceptors (Lipinski definition) is 2. The van der Waals surface area contributed by atoms with Crippen LogP contribution in [0.2, 0.25) is 0 Å². The van der Waals surface area contributed by atoms with E-state index in [0.717, 1.165) is 19.5 Å². The second-order valence-electron chi connectivity index (χ2n) is 4.28. The van der Waals surface area contributed by atoms with E-state index in [-0.39, 0.29) is 5.91 Å². The number of nitrogens with zero attached hydrogens (tertiary/aromatic N) is 1. The second kappa shape index (κ2) is 4.61. The van der Waals surface area contributed by atoms with Crippen LogP contribution in [0.25, 0.3) is 0 Å². The van der Waals surface area contributed by atoms with E-state index in [4.69, 9.17) is 5.73 Å². The number of likely N-dealkylation sites (tertiary alicyclic amines) is 1. The molecule has 0 saturated carbocycles. The molecule has 0 aromatic heterocycles. The molecule has 1 fully saturated rings. The first-order chi connectivity index (χ1) is 6.13. The molecule has 0 spiro atoms. The van der Waals surface area contributed by atoms with Crippen LogP contribution in [0.1, 0.15) is 26.7 Å². The molecule has 76 valence electrons. The fourth-order valence-electron chi connectivity index (χ4n) is 1.67. The summed E-state index contributed by atoms with van der Waals surface area (Å²) in [5.74, 6) is 1.28. The molecule has 13 heavy (non-hydrogen) atoms. The van der Waals surface area contributed by atoms with Crippen LogP contribution >= 0.6 is 0 Å². The molecule has 0 aliphatic carbocycles. The highest BCUT2D eigenvalue weighted by molar-refractivity contribution is 5.76. The fraction of sp³-hybridized carbons (Fsp3) is 0.900. The molecule has 1 aliphatic heterocycles. The zero-order chi connectivity index (χ0) is 9.84. The monoisotopic (exact) mass is 184 g/mol. The molecule has 0 radical (unpaired) electrons. The largest absolute Gasteiger partial charge is 0.342 e. The quantitative estimate of drug-likeness (QED) is 0.706. The van der Waals surface area contributed by atoms with Gasteiger partial charge in [-0.25, -0.2) is 0 Å². The predicted molar refractivity (Wildman–Crippen MR) is 53.2 cm³/mol. The van der Waals surface area contributed by atoms with Gasteiger partial charge in [-0.05, 0) is 24.8 Å². The van der Waals surface area contributed by atoms with Crippen molar-refractivity contribution in [3.63, 3.8) is 0 Å². The number of rotatable bonds is 3. The molecule has 1 saturated heterocycles. The summed E-state index contributed by atoms with van der Waals surface area (Å²) >= 11 is 0. The lowest BCUT2D eigenvalue weighted by Crippen LogP contribution is -2.30. The van der Waals surface area contributed by atoms with Gasteiger partial charge in [-0.2, -0.15) is 0 Å². The summed E-state index contributed by atoms with van der Waals surface area (Å²) in [5.41, 5.74) is 5.48. The molecule has 0 aromatic carbocycles. The zero-order valence-corrected chi connectivity index (χ0v) is 8.62. The van der Waals surface area contributed by atoms with Crippen LogP contribution in [0.4, 0.5) is 0 Å². The average Bonchev–Trinajstić information content (AvgIpc) is 2.51. The third-order valence-electron chi connectivity index (χ3n) is 2.70. The van der Waals surface area contributed by atoms with E-state index in [1.165, 1.54) is 0 Å². The van der Waals surface area contributed by atoms with Gasteiger partial charge in [0.15, 0.2) is 0 Å². The molecule has 2 atom stereocenters. The Morgan fingerprint density at radius 2 is 2.38 bits per heavy atom. The van der Waals surface area contributed by atoms with Crippen molar-refractivity contribution >= 4 is 5.91 Å². The molecule has 0 aromatic rings. The minimum atomic E-state index is 0.280. The summed E-state index contributed by atoms with van der Waals surface area (Å²) < 4.78 is 0. The van der Waals surface area contributed by atoms with E-state index in [9.17, 15) is 4.79 Å². The van der Waals surface area contributed by atoms with Gasteiger partial charge < -0.3 is 10.6 Å². The van der Waals surface area contributed by atoms with Crippen molar-refractivity contribution in [2.24, 2.45) is 17.6 Å². The van der Waals surface area contributed by atoms with Crippen LogP contribution in [-0.2, 0) is 4.79 Å². The standard InChI is InChI=1S/C10H20N2O/c1-8-3-4-12(7-8)10(13)5-9(2)6-11/h8-9H,3-7,11H2,1-2H3. The Morgan fingerprint density at radius 3 is 2.85 bits per heavy atom. The van der Waals surface area contributed by atoms with Crippen molar-refractivity contribution < 1.29 is 4.79 Å². The van der Waals surface area contributed by atoms with Crippen molar-refractivity contribution in [2.45, 2.75) is 26.7 Å². The summed E-state index contributed by atoms with van der Waals surface area (Å²) in [6, 6.07) is 0. The molecule has 1 heterocycles. The van der Waals surface area contributed by atoms with E-state index in [2.05, 4.69) is 6.92 Å². The molecule has 2 unspecified atom stereocenters. The lowest BCUT2D eigenvalue weighted by molar-refractivity contribution is -0.131. The first kappa shape index (κ1) is 10.5. The van der Waals surface area contributed by atoms with Gasteiger partial charge in [0.1, 0.15) is 0 Å². The maximum Gasteiger partial charge on any atom is 0.222 e. The van der Waals surface area contributed by atoms with Gasteiger partial charge in [-0.3, -0.25) is 4.79 Å². The van der Waals surface area contributed by atoms with Crippen molar-refractivity contribution in [3.05, 3.63) is 0 Å². The summed E-state index contributed by atoms with van der Waals surface area (Å²) in [6.07, 6.45) is 1.77. The summed E-state index contributed by atoms with van der Waals surface area (Å²) in [4.78, 5) is 13.6. The highest BCUT2D eigenvalue weighted by Gasteiger charge is 2.23.